The lowest BCUT2D eigenvalue weighted by molar-refractivity contribution is -0.154. The van der Waals surface area contributed by atoms with Gasteiger partial charge in [-0.3, -0.25) is 24.1 Å². The number of allylic oxidation sites excluding steroid dienone is 2. The van der Waals surface area contributed by atoms with E-state index in [1.54, 1.807) is 0 Å². The zero-order valence-corrected chi connectivity index (χ0v) is 19.5. The first-order valence-electron chi connectivity index (χ1n) is 11.3. The van der Waals surface area contributed by atoms with E-state index in [1.165, 1.54) is 28.6 Å². The lowest BCUT2D eigenvalue weighted by atomic mass is 9.85. The third-order valence-electron chi connectivity index (χ3n) is 6.32. The number of amides is 3. The molecule has 1 aromatic rings. The van der Waals surface area contributed by atoms with Gasteiger partial charge >= 0.3 is 5.97 Å². The highest BCUT2D eigenvalue weighted by molar-refractivity contribution is 7.89. The Hall–Kier alpha value is -3.05. The van der Waals surface area contributed by atoms with Crippen molar-refractivity contribution in [3.8, 4) is 0 Å². The van der Waals surface area contributed by atoms with Crippen LogP contribution >= 0.6 is 0 Å². The summed E-state index contributed by atoms with van der Waals surface area (Å²) in [5, 5.41) is 2.51. The van der Waals surface area contributed by atoms with Gasteiger partial charge in [0.2, 0.25) is 21.8 Å². The number of benzene rings is 1. The van der Waals surface area contributed by atoms with E-state index in [2.05, 4.69) is 5.32 Å². The van der Waals surface area contributed by atoms with Gasteiger partial charge in [-0.2, -0.15) is 4.31 Å². The lowest BCUT2D eigenvalue weighted by Gasteiger charge is -2.26. The second kappa shape index (κ2) is 10.1. The maximum absolute atomic E-state index is 12.8. The van der Waals surface area contributed by atoms with Crippen molar-refractivity contribution in [2.75, 3.05) is 31.6 Å². The molecule has 0 saturated carbocycles. The van der Waals surface area contributed by atoms with Gasteiger partial charge in [-0.1, -0.05) is 24.6 Å². The Bertz CT molecular complexity index is 1100. The summed E-state index contributed by atoms with van der Waals surface area (Å²) in [6.45, 7) is -0.238. The molecule has 4 rings (SSSR count). The molecule has 2 fully saturated rings. The van der Waals surface area contributed by atoms with Crippen molar-refractivity contribution in [1.29, 1.82) is 0 Å². The molecule has 1 aliphatic carbocycles. The number of hydrogen-bond donors (Lipinski definition) is 1. The number of anilines is 1. The largest absolute Gasteiger partial charge is 0.454 e. The van der Waals surface area contributed by atoms with Crippen molar-refractivity contribution in [3.05, 3.63) is 36.4 Å². The van der Waals surface area contributed by atoms with Gasteiger partial charge in [0.15, 0.2) is 6.61 Å². The van der Waals surface area contributed by atoms with E-state index in [-0.39, 0.29) is 10.6 Å². The van der Waals surface area contributed by atoms with Crippen LogP contribution in [0.4, 0.5) is 5.69 Å². The molecular weight excluding hydrogens is 462 g/mol. The minimum absolute atomic E-state index is 0.0752. The summed E-state index contributed by atoms with van der Waals surface area (Å²) >= 11 is 0. The number of hydrogen-bond acceptors (Lipinski definition) is 7. The smallest absolute Gasteiger partial charge is 0.326 e. The standard InChI is InChI=1S/C23H27N3O7S/c27-20(15-33-21(28)14-26-22(29)18-9-2-3-10-19(18)23(26)30)24-16-7-6-8-17(13-16)34(31,32)25-11-4-1-5-12-25/h2-3,6-8,13,18-19H,1,4-5,9-12,14-15H2,(H,24,27)/t18-,19-/m0/s1. The first-order valence-corrected chi connectivity index (χ1v) is 12.8. The van der Waals surface area contributed by atoms with E-state index in [1.807, 2.05) is 12.2 Å². The van der Waals surface area contributed by atoms with Gasteiger partial charge < -0.3 is 10.1 Å². The first-order chi connectivity index (χ1) is 16.3. The first kappa shape index (κ1) is 24.1. The van der Waals surface area contributed by atoms with Crippen molar-refractivity contribution < 1.29 is 32.3 Å². The van der Waals surface area contributed by atoms with Gasteiger partial charge in [-0.05, 0) is 43.9 Å². The molecule has 2 aliphatic heterocycles. The van der Waals surface area contributed by atoms with Crippen LogP contribution in [0, 0.1) is 11.8 Å². The van der Waals surface area contributed by atoms with Crippen molar-refractivity contribution in [3.63, 3.8) is 0 Å². The quantitative estimate of drug-likeness (QED) is 0.347. The maximum Gasteiger partial charge on any atom is 0.326 e. The molecule has 11 heteroatoms. The molecule has 34 heavy (non-hydrogen) atoms. The van der Waals surface area contributed by atoms with E-state index in [0.29, 0.717) is 25.9 Å². The normalized spacial score (nSPS) is 23.0. The number of esters is 1. The second-order valence-electron chi connectivity index (χ2n) is 8.62. The minimum Gasteiger partial charge on any atom is -0.454 e. The zero-order chi connectivity index (χ0) is 24.3. The Kier molecular flexibility index (Phi) is 7.13. The molecule has 2 atom stereocenters. The van der Waals surface area contributed by atoms with Gasteiger partial charge in [0.25, 0.3) is 5.91 Å². The summed E-state index contributed by atoms with van der Waals surface area (Å²) in [5.74, 6) is -3.22. The van der Waals surface area contributed by atoms with Crippen LogP contribution in [0.1, 0.15) is 32.1 Å². The Morgan fingerprint density at radius 2 is 1.65 bits per heavy atom. The van der Waals surface area contributed by atoms with Crippen LogP contribution in [0.5, 0.6) is 0 Å². The van der Waals surface area contributed by atoms with E-state index < -0.39 is 58.7 Å². The molecule has 0 bridgehead atoms. The predicted molar refractivity (Wildman–Crippen MR) is 121 cm³/mol. The molecule has 2 saturated heterocycles. The minimum atomic E-state index is -3.66. The highest BCUT2D eigenvalue weighted by Gasteiger charge is 2.47. The van der Waals surface area contributed by atoms with Gasteiger partial charge in [0.05, 0.1) is 16.7 Å². The average molecular weight is 490 g/mol. The summed E-state index contributed by atoms with van der Waals surface area (Å²) < 4.78 is 32.0. The van der Waals surface area contributed by atoms with E-state index >= 15 is 0 Å². The SMILES string of the molecule is O=C(COC(=O)CN1C(=O)[C@H]2CC=CC[C@@H]2C1=O)Nc1cccc(S(=O)(=O)N2CCCCC2)c1. The molecule has 10 nitrogen and oxygen atoms in total. The maximum atomic E-state index is 12.8. The van der Waals surface area contributed by atoms with Gasteiger partial charge in [-0.25, -0.2) is 8.42 Å². The predicted octanol–water partition coefficient (Wildman–Crippen LogP) is 1.29. The van der Waals surface area contributed by atoms with Crippen molar-refractivity contribution >= 4 is 39.4 Å². The third kappa shape index (κ3) is 5.05. The third-order valence-corrected chi connectivity index (χ3v) is 8.22. The van der Waals surface area contributed by atoms with Gasteiger partial charge in [-0.15, -0.1) is 0 Å². The van der Waals surface area contributed by atoms with Crippen molar-refractivity contribution in [1.82, 2.24) is 9.21 Å². The van der Waals surface area contributed by atoms with E-state index in [0.717, 1.165) is 24.2 Å². The molecule has 1 N–H and O–H groups in total. The number of nitrogens with one attached hydrogen (secondary N) is 1. The summed E-state index contributed by atoms with van der Waals surface area (Å²) in [4.78, 5) is 50.2. The molecule has 0 radical (unpaired) electrons. The molecule has 2 heterocycles. The molecule has 0 spiro atoms. The number of likely N-dealkylation sites (tertiary alicyclic amines) is 1. The Balaban J connectivity index is 1.30. The number of sulfonamides is 1. The Morgan fingerprint density at radius 3 is 2.29 bits per heavy atom. The van der Waals surface area contributed by atoms with Gasteiger partial charge in [0, 0.05) is 18.8 Å². The Morgan fingerprint density at radius 1 is 1.00 bits per heavy atom. The fourth-order valence-corrected chi connectivity index (χ4v) is 6.09. The molecule has 1 aromatic carbocycles. The van der Waals surface area contributed by atoms with Crippen molar-refractivity contribution in [2.45, 2.75) is 37.0 Å². The fraction of sp³-hybridized carbons (Fsp3) is 0.478. The summed E-state index contributed by atoms with van der Waals surface area (Å²) in [6, 6.07) is 5.89. The second-order valence-corrected chi connectivity index (χ2v) is 10.6. The van der Waals surface area contributed by atoms with Crippen LogP contribution in [0.15, 0.2) is 41.3 Å². The number of nitrogens with zero attached hydrogens (tertiary/aromatic N) is 2. The lowest BCUT2D eigenvalue weighted by Crippen LogP contribution is -2.37. The van der Waals surface area contributed by atoms with Crippen LogP contribution < -0.4 is 5.32 Å². The topological polar surface area (TPSA) is 130 Å². The number of piperidine rings is 1. The van der Waals surface area contributed by atoms with Crippen LogP contribution in [-0.2, 0) is 33.9 Å². The summed E-state index contributed by atoms with van der Waals surface area (Å²) in [6.07, 6.45) is 7.27. The number of rotatable bonds is 7. The van der Waals surface area contributed by atoms with Crippen LogP contribution in [0.3, 0.4) is 0 Å². The average Bonchev–Trinajstić information content (AvgIpc) is 3.08. The van der Waals surface area contributed by atoms with Crippen LogP contribution in [0.25, 0.3) is 0 Å². The molecule has 3 aliphatic rings. The van der Waals surface area contributed by atoms with Crippen LogP contribution in [-0.4, -0.2) is 67.6 Å². The fourth-order valence-electron chi connectivity index (χ4n) is 4.53. The van der Waals surface area contributed by atoms with E-state index in [9.17, 15) is 27.6 Å². The number of imide groups is 1. The molecule has 0 unspecified atom stereocenters. The number of carbonyl (C=O) groups is 4. The number of ether oxygens (including phenoxy) is 1. The highest BCUT2D eigenvalue weighted by atomic mass is 32.2. The molecule has 3 amide bonds. The molecule has 0 aromatic heterocycles. The zero-order valence-electron chi connectivity index (χ0n) is 18.6. The monoisotopic (exact) mass is 489 g/mol. The highest BCUT2D eigenvalue weighted by Crippen LogP contribution is 2.34. The molecular formula is C23H27N3O7S. The number of fused-ring (bicyclic) bond motifs is 1. The summed E-state index contributed by atoms with van der Waals surface area (Å²) in [5.41, 5.74) is 0.251. The van der Waals surface area contributed by atoms with Gasteiger partial charge in [0.1, 0.15) is 6.54 Å². The summed E-state index contributed by atoms with van der Waals surface area (Å²) in [7, 11) is -3.66. The van der Waals surface area contributed by atoms with E-state index in [4.69, 9.17) is 4.74 Å². The molecule has 182 valence electrons. The Labute approximate surface area is 198 Å². The number of carbonyl (C=O) groups excluding carboxylic acids is 4. The van der Waals surface area contributed by atoms with Crippen LogP contribution in [0.2, 0.25) is 0 Å². The van der Waals surface area contributed by atoms with Crippen molar-refractivity contribution in [2.24, 2.45) is 11.8 Å².